The zero-order valence-electron chi connectivity index (χ0n) is 20.9. The molecule has 0 radical (unpaired) electrons. The van der Waals surface area contributed by atoms with E-state index in [-0.39, 0.29) is 30.4 Å². The smallest absolute Gasteiger partial charge is 0.405 e. The molecule has 2 N–H and O–H groups in total. The maximum atomic E-state index is 13.5. The van der Waals surface area contributed by atoms with Crippen molar-refractivity contribution in [3.63, 3.8) is 0 Å². The van der Waals surface area contributed by atoms with Crippen LogP contribution in [-0.2, 0) is 11.2 Å². The van der Waals surface area contributed by atoms with Crippen LogP contribution in [0.2, 0.25) is 5.02 Å². The zero-order chi connectivity index (χ0) is 25.4. The molecule has 1 saturated carbocycles. The third kappa shape index (κ3) is 7.26. The molecule has 2 aliphatic rings. The SMILES string of the molecule is CCN(CC)C(=O)N(C1CCCCC1)C1CCN(C(=O)[C@@H](Cc2ccc(Cl)cc2)NC(=O)O)CC1. The lowest BCUT2D eigenvalue weighted by molar-refractivity contribution is -0.134. The fourth-order valence-corrected chi connectivity index (χ4v) is 5.54. The number of urea groups is 1. The fourth-order valence-electron chi connectivity index (χ4n) is 5.42. The average molecular weight is 507 g/mol. The molecule has 0 spiro atoms. The minimum absolute atomic E-state index is 0.0948. The van der Waals surface area contributed by atoms with E-state index in [0.29, 0.717) is 44.0 Å². The molecule has 35 heavy (non-hydrogen) atoms. The summed E-state index contributed by atoms with van der Waals surface area (Å²) in [6, 6.07) is 6.68. The third-order valence-electron chi connectivity index (χ3n) is 7.34. The summed E-state index contributed by atoms with van der Waals surface area (Å²) < 4.78 is 0. The lowest BCUT2D eigenvalue weighted by Gasteiger charge is -2.45. The molecule has 8 nitrogen and oxygen atoms in total. The van der Waals surface area contributed by atoms with Crippen molar-refractivity contribution in [2.24, 2.45) is 0 Å². The van der Waals surface area contributed by atoms with Crippen molar-refractivity contribution in [1.82, 2.24) is 20.0 Å². The predicted molar refractivity (Wildman–Crippen MR) is 137 cm³/mol. The number of amides is 4. The molecule has 1 atom stereocenters. The van der Waals surface area contributed by atoms with Crippen LogP contribution in [0.25, 0.3) is 0 Å². The summed E-state index contributed by atoms with van der Waals surface area (Å²) in [6.07, 6.45) is 6.05. The standard InChI is InChI=1S/C26H39ClN4O4/c1-3-29(4-2)26(35)31(21-8-6-5-7-9-21)22-14-16-30(17-15-22)24(32)23(28-25(33)34)18-19-10-12-20(27)13-11-19/h10-13,21-23,28H,3-9,14-18H2,1-2H3,(H,33,34)/t23-/m1/s1. The van der Waals surface area contributed by atoms with Gasteiger partial charge in [0.1, 0.15) is 6.04 Å². The summed E-state index contributed by atoms with van der Waals surface area (Å²) in [5, 5.41) is 12.3. The van der Waals surface area contributed by atoms with Gasteiger partial charge in [-0.1, -0.05) is 43.0 Å². The molecular formula is C26H39ClN4O4. The Morgan fingerprint density at radius 1 is 1.00 bits per heavy atom. The summed E-state index contributed by atoms with van der Waals surface area (Å²) in [7, 11) is 0. The molecule has 0 aromatic heterocycles. The molecule has 1 aromatic rings. The monoisotopic (exact) mass is 506 g/mol. The highest BCUT2D eigenvalue weighted by Gasteiger charge is 2.37. The maximum absolute atomic E-state index is 13.5. The van der Waals surface area contributed by atoms with Crippen LogP contribution in [0.3, 0.4) is 0 Å². The molecule has 194 valence electrons. The average Bonchev–Trinajstić information content (AvgIpc) is 2.86. The van der Waals surface area contributed by atoms with E-state index in [1.165, 1.54) is 6.42 Å². The van der Waals surface area contributed by atoms with Crippen molar-refractivity contribution in [2.45, 2.75) is 83.3 Å². The Hall–Kier alpha value is -2.48. The number of carbonyl (C=O) groups excluding carboxylic acids is 2. The number of carbonyl (C=O) groups is 3. The lowest BCUT2D eigenvalue weighted by atomic mass is 9.91. The largest absolute Gasteiger partial charge is 0.465 e. The van der Waals surface area contributed by atoms with E-state index in [9.17, 15) is 19.5 Å². The molecule has 1 aromatic carbocycles. The number of nitrogens with one attached hydrogen (secondary N) is 1. The van der Waals surface area contributed by atoms with E-state index in [1.54, 1.807) is 29.2 Å². The minimum atomic E-state index is -1.22. The summed E-state index contributed by atoms with van der Waals surface area (Å²) in [5.41, 5.74) is 0.838. The topological polar surface area (TPSA) is 93.2 Å². The van der Waals surface area contributed by atoms with Crippen molar-refractivity contribution in [1.29, 1.82) is 0 Å². The molecule has 4 amide bonds. The Morgan fingerprint density at radius 3 is 2.11 bits per heavy atom. The van der Waals surface area contributed by atoms with Gasteiger partial charge in [-0.15, -0.1) is 0 Å². The highest BCUT2D eigenvalue weighted by Crippen LogP contribution is 2.29. The zero-order valence-corrected chi connectivity index (χ0v) is 21.7. The number of halogens is 1. The molecule has 1 aliphatic carbocycles. The van der Waals surface area contributed by atoms with Crippen molar-refractivity contribution < 1.29 is 19.5 Å². The quantitative estimate of drug-likeness (QED) is 0.538. The summed E-state index contributed by atoms with van der Waals surface area (Å²) in [5.74, 6) is -0.222. The van der Waals surface area contributed by atoms with Crippen LogP contribution >= 0.6 is 11.6 Å². The first-order chi connectivity index (χ1) is 16.8. The molecule has 1 saturated heterocycles. The predicted octanol–water partition coefficient (Wildman–Crippen LogP) is 4.61. The Labute approximate surface area is 213 Å². The summed E-state index contributed by atoms with van der Waals surface area (Å²) >= 11 is 5.96. The fraction of sp³-hybridized carbons (Fsp3) is 0.654. The second kappa shape index (κ2) is 13.0. The molecule has 0 unspecified atom stereocenters. The lowest BCUT2D eigenvalue weighted by Crippen LogP contribution is -2.58. The van der Waals surface area contributed by atoms with Gasteiger partial charge >= 0.3 is 12.1 Å². The van der Waals surface area contributed by atoms with E-state index in [1.807, 2.05) is 18.7 Å². The summed E-state index contributed by atoms with van der Waals surface area (Å²) in [4.78, 5) is 43.9. The normalized spacial score (nSPS) is 18.1. The van der Waals surface area contributed by atoms with Crippen LogP contribution in [0.5, 0.6) is 0 Å². The molecule has 1 aliphatic heterocycles. The first-order valence-corrected chi connectivity index (χ1v) is 13.3. The van der Waals surface area contributed by atoms with Crippen molar-refractivity contribution in [3.05, 3.63) is 34.9 Å². The highest BCUT2D eigenvalue weighted by atomic mass is 35.5. The van der Waals surface area contributed by atoms with Crippen LogP contribution in [-0.4, -0.2) is 82.1 Å². The minimum Gasteiger partial charge on any atom is -0.465 e. The molecule has 3 rings (SSSR count). The molecule has 9 heteroatoms. The Bertz CT molecular complexity index is 847. The first-order valence-electron chi connectivity index (χ1n) is 12.9. The second-order valence-electron chi connectivity index (χ2n) is 9.54. The molecule has 1 heterocycles. The maximum Gasteiger partial charge on any atom is 0.405 e. The Balaban J connectivity index is 1.68. The van der Waals surface area contributed by atoms with Crippen LogP contribution < -0.4 is 5.32 Å². The number of hydrogen-bond donors (Lipinski definition) is 2. The molecular weight excluding hydrogens is 468 g/mol. The Morgan fingerprint density at radius 2 is 1.57 bits per heavy atom. The van der Waals surface area contributed by atoms with Crippen molar-refractivity contribution in [2.75, 3.05) is 26.2 Å². The van der Waals surface area contributed by atoms with Gasteiger partial charge in [-0.3, -0.25) is 4.79 Å². The van der Waals surface area contributed by atoms with Gasteiger partial charge in [-0.05, 0) is 57.2 Å². The Kier molecular flexibility index (Phi) is 10.1. The van der Waals surface area contributed by atoms with Gasteiger partial charge in [-0.2, -0.15) is 0 Å². The number of rotatable bonds is 8. The van der Waals surface area contributed by atoms with Crippen LogP contribution in [0.15, 0.2) is 24.3 Å². The van der Waals surface area contributed by atoms with Gasteiger partial charge in [0, 0.05) is 49.7 Å². The number of benzene rings is 1. The number of piperidine rings is 1. The van der Waals surface area contributed by atoms with Gasteiger partial charge in [0.2, 0.25) is 5.91 Å². The van der Waals surface area contributed by atoms with Crippen LogP contribution in [0, 0.1) is 0 Å². The molecule has 2 fully saturated rings. The van der Waals surface area contributed by atoms with Crippen molar-refractivity contribution in [3.8, 4) is 0 Å². The van der Waals surface area contributed by atoms with E-state index < -0.39 is 12.1 Å². The van der Waals surface area contributed by atoms with E-state index in [2.05, 4.69) is 10.2 Å². The van der Waals surface area contributed by atoms with Crippen molar-refractivity contribution >= 4 is 29.6 Å². The van der Waals surface area contributed by atoms with E-state index in [0.717, 1.165) is 31.2 Å². The van der Waals surface area contributed by atoms with Gasteiger partial charge < -0.3 is 25.1 Å². The summed E-state index contributed by atoms with van der Waals surface area (Å²) in [6.45, 7) is 6.41. The number of nitrogens with zero attached hydrogens (tertiary/aromatic N) is 3. The number of likely N-dealkylation sites (tertiary alicyclic amines) is 1. The van der Waals surface area contributed by atoms with Gasteiger partial charge in [0.25, 0.3) is 0 Å². The first kappa shape index (κ1) is 27.1. The van der Waals surface area contributed by atoms with Gasteiger partial charge in [0.15, 0.2) is 0 Å². The second-order valence-corrected chi connectivity index (χ2v) is 9.98. The number of hydrogen-bond acceptors (Lipinski definition) is 3. The highest BCUT2D eigenvalue weighted by molar-refractivity contribution is 6.30. The third-order valence-corrected chi connectivity index (χ3v) is 7.59. The van der Waals surface area contributed by atoms with Gasteiger partial charge in [-0.25, -0.2) is 9.59 Å². The van der Waals surface area contributed by atoms with Crippen LogP contribution in [0.4, 0.5) is 9.59 Å². The van der Waals surface area contributed by atoms with Crippen LogP contribution in [0.1, 0.15) is 64.4 Å². The van der Waals surface area contributed by atoms with E-state index in [4.69, 9.17) is 11.6 Å². The van der Waals surface area contributed by atoms with E-state index >= 15 is 0 Å². The molecule has 0 bridgehead atoms. The van der Waals surface area contributed by atoms with Gasteiger partial charge in [0.05, 0.1) is 0 Å². The number of carboxylic acid groups (broad SMARTS) is 1.